The van der Waals surface area contributed by atoms with Crippen molar-refractivity contribution < 1.29 is 5.11 Å². The molecule has 1 fully saturated rings. The molecule has 1 atom stereocenters. The first-order valence-corrected chi connectivity index (χ1v) is 7.53. The zero-order chi connectivity index (χ0) is 13.8. The van der Waals surface area contributed by atoms with E-state index in [0.29, 0.717) is 12.0 Å². The predicted molar refractivity (Wildman–Crippen MR) is 79.4 cm³/mol. The summed E-state index contributed by atoms with van der Waals surface area (Å²) in [6, 6.07) is 4.68. The monoisotopic (exact) mass is 262 g/mol. The zero-order valence-corrected chi connectivity index (χ0v) is 12.4. The average molecular weight is 262 g/mol. The van der Waals surface area contributed by atoms with Crippen molar-refractivity contribution >= 4 is 5.82 Å². The standard InChI is InChI=1S/C16H26N2O/c1-4-6-14-9-13(11-19)10-16(17-14)18-8-5-7-15(18)12(2)3/h9-10,12,15,19H,4-8,11H2,1-3H3. The highest BCUT2D eigenvalue weighted by Gasteiger charge is 2.28. The van der Waals surface area contributed by atoms with E-state index in [1.54, 1.807) is 0 Å². The van der Waals surface area contributed by atoms with Crippen LogP contribution in [0.5, 0.6) is 0 Å². The van der Waals surface area contributed by atoms with Crippen molar-refractivity contribution in [1.29, 1.82) is 0 Å². The van der Waals surface area contributed by atoms with Crippen LogP contribution in [0.25, 0.3) is 0 Å². The maximum absolute atomic E-state index is 9.43. The quantitative estimate of drug-likeness (QED) is 0.885. The van der Waals surface area contributed by atoms with E-state index in [2.05, 4.69) is 31.7 Å². The van der Waals surface area contributed by atoms with Crippen LogP contribution in [0.2, 0.25) is 0 Å². The smallest absolute Gasteiger partial charge is 0.129 e. The summed E-state index contributed by atoms with van der Waals surface area (Å²) in [5.41, 5.74) is 2.10. The van der Waals surface area contributed by atoms with Crippen molar-refractivity contribution in [1.82, 2.24) is 4.98 Å². The van der Waals surface area contributed by atoms with Gasteiger partial charge in [0.2, 0.25) is 0 Å². The Labute approximate surface area is 116 Å². The van der Waals surface area contributed by atoms with E-state index in [4.69, 9.17) is 4.98 Å². The highest BCUT2D eigenvalue weighted by molar-refractivity contribution is 5.45. The summed E-state index contributed by atoms with van der Waals surface area (Å²) in [5, 5.41) is 9.43. The summed E-state index contributed by atoms with van der Waals surface area (Å²) in [4.78, 5) is 7.23. The molecule has 0 amide bonds. The highest BCUT2D eigenvalue weighted by Crippen LogP contribution is 2.29. The third-order valence-electron chi connectivity index (χ3n) is 3.98. The minimum absolute atomic E-state index is 0.104. The molecule has 0 aromatic carbocycles. The van der Waals surface area contributed by atoms with Gasteiger partial charge >= 0.3 is 0 Å². The minimum Gasteiger partial charge on any atom is -0.392 e. The van der Waals surface area contributed by atoms with Crippen LogP contribution in [0.3, 0.4) is 0 Å². The second-order valence-corrected chi connectivity index (χ2v) is 5.88. The van der Waals surface area contributed by atoms with Crippen molar-refractivity contribution in [2.45, 2.75) is 59.1 Å². The molecule has 0 radical (unpaired) electrons. The molecule has 1 unspecified atom stereocenters. The first-order chi connectivity index (χ1) is 9.15. The molecule has 1 N–H and O–H groups in total. The average Bonchev–Trinajstić information content (AvgIpc) is 2.88. The van der Waals surface area contributed by atoms with Gasteiger partial charge in [-0.1, -0.05) is 27.2 Å². The summed E-state index contributed by atoms with van der Waals surface area (Å²) < 4.78 is 0. The fourth-order valence-corrected chi connectivity index (χ4v) is 3.03. The van der Waals surface area contributed by atoms with Crippen LogP contribution in [0, 0.1) is 5.92 Å². The van der Waals surface area contributed by atoms with Gasteiger partial charge in [-0.05, 0) is 42.9 Å². The lowest BCUT2D eigenvalue weighted by molar-refractivity contribution is 0.281. The minimum atomic E-state index is 0.104. The molecule has 3 heteroatoms. The van der Waals surface area contributed by atoms with Gasteiger partial charge in [0.25, 0.3) is 0 Å². The van der Waals surface area contributed by atoms with Gasteiger partial charge in [-0.3, -0.25) is 0 Å². The van der Waals surface area contributed by atoms with E-state index in [1.807, 2.05) is 6.07 Å². The van der Waals surface area contributed by atoms with Gasteiger partial charge in [-0.2, -0.15) is 0 Å². The number of anilines is 1. The van der Waals surface area contributed by atoms with E-state index < -0.39 is 0 Å². The van der Waals surface area contributed by atoms with Gasteiger partial charge in [0.15, 0.2) is 0 Å². The second kappa shape index (κ2) is 6.38. The molecule has 0 saturated carbocycles. The maximum Gasteiger partial charge on any atom is 0.129 e. The molecule has 3 nitrogen and oxygen atoms in total. The van der Waals surface area contributed by atoms with Gasteiger partial charge in [0, 0.05) is 18.3 Å². The van der Waals surface area contributed by atoms with Crippen LogP contribution >= 0.6 is 0 Å². The maximum atomic E-state index is 9.43. The van der Waals surface area contributed by atoms with E-state index in [-0.39, 0.29) is 6.61 Å². The van der Waals surface area contributed by atoms with Gasteiger partial charge in [0.05, 0.1) is 6.61 Å². The first kappa shape index (κ1) is 14.3. The molecular weight excluding hydrogens is 236 g/mol. The third kappa shape index (κ3) is 3.27. The Hall–Kier alpha value is -1.09. The lowest BCUT2D eigenvalue weighted by Crippen LogP contribution is -2.34. The SMILES string of the molecule is CCCc1cc(CO)cc(N2CCCC2C(C)C)n1. The van der Waals surface area contributed by atoms with Crippen LogP contribution in [0.15, 0.2) is 12.1 Å². The molecule has 19 heavy (non-hydrogen) atoms. The summed E-state index contributed by atoms with van der Waals surface area (Å²) in [6.07, 6.45) is 4.58. The fraction of sp³-hybridized carbons (Fsp3) is 0.688. The van der Waals surface area contributed by atoms with E-state index in [1.165, 1.54) is 12.8 Å². The lowest BCUT2D eigenvalue weighted by atomic mass is 10.0. The van der Waals surface area contributed by atoms with Crippen molar-refractivity contribution in [3.05, 3.63) is 23.4 Å². The molecule has 0 aliphatic carbocycles. The molecular formula is C16H26N2O. The number of aromatic nitrogens is 1. The first-order valence-electron chi connectivity index (χ1n) is 7.53. The second-order valence-electron chi connectivity index (χ2n) is 5.88. The summed E-state index contributed by atoms with van der Waals surface area (Å²) >= 11 is 0. The molecule has 2 rings (SSSR count). The molecule has 0 bridgehead atoms. The zero-order valence-electron chi connectivity index (χ0n) is 12.4. The Morgan fingerprint density at radius 3 is 2.84 bits per heavy atom. The topological polar surface area (TPSA) is 36.4 Å². The van der Waals surface area contributed by atoms with E-state index in [9.17, 15) is 5.11 Å². The number of hydrogen-bond acceptors (Lipinski definition) is 3. The number of nitrogens with zero attached hydrogens (tertiary/aromatic N) is 2. The number of hydrogen-bond donors (Lipinski definition) is 1. The Morgan fingerprint density at radius 2 is 2.21 bits per heavy atom. The molecule has 0 spiro atoms. The van der Waals surface area contributed by atoms with Crippen LogP contribution < -0.4 is 4.90 Å². The van der Waals surface area contributed by atoms with Crippen LogP contribution in [0.1, 0.15) is 51.3 Å². The Morgan fingerprint density at radius 1 is 1.42 bits per heavy atom. The van der Waals surface area contributed by atoms with Gasteiger partial charge in [0.1, 0.15) is 5.82 Å². The number of aryl methyl sites for hydroxylation is 1. The summed E-state index contributed by atoms with van der Waals surface area (Å²) in [6.45, 7) is 7.93. The molecule has 2 heterocycles. The largest absolute Gasteiger partial charge is 0.392 e. The Balaban J connectivity index is 2.29. The van der Waals surface area contributed by atoms with Gasteiger partial charge in [-0.25, -0.2) is 4.98 Å². The molecule has 1 aliphatic heterocycles. The predicted octanol–water partition coefficient (Wildman–Crippen LogP) is 3.15. The van der Waals surface area contributed by atoms with Crippen molar-refractivity contribution in [2.75, 3.05) is 11.4 Å². The molecule has 1 saturated heterocycles. The van der Waals surface area contributed by atoms with Gasteiger partial charge in [-0.15, -0.1) is 0 Å². The van der Waals surface area contributed by atoms with Crippen molar-refractivity contribution in [3.8, 4) is 0 Å². The van der Waals surface area contributed by atoms with E-state index in [0.717, 1.165) is 36.5 Å². The van der Waals surface area contributed by atoms with Gasteiger partial charge < -0.3 is 10.0 Å². The lowest BCUT2D eigenvalue weighted by Gasteiger charge is -2.29. The summed E-state index contributed by atoms with van der Waals surface area (Å²) in [5.74, 6) is 1.71. The number of aliphatic hydroxyl groups excluding tert-OH is 1. The third-order valence-corrected chi connectivity index (χ3v) is 3.98. The van der Waals surface area contributed by atoms with Crippen molar-refractivity contribution in [3.63, 3.8) is 0 Å². The highest BCUT2D eigenvalue weighted by atomic mass is 16.3. The number of pyridine rings is 1. The van der Waals surface area contributed by atoms with Crippen LogP contribution in [0.4, 0.5) is 5.82 Å². The molecule has 1 aromatic rings. The summed E-state index contributed by atoms with van der Waals surface area (Å²) in [7, 11) is 0. The molecule has 106 valence electrons. The number of aliphatic hydroxyl groups is 1. The Bertz CT molecular complexity index is 417. The van der Waals surface area contributed by atoms with E-state index >= 15 is 0 Å². The van der Waals surface area contributed by atoms with Crippen LogP contribution in [-0.4, -0.2) is 22.7 Å². The Kier molecular flexibility index (Phi) is 4.81. The van der Waals surface area contributed by atoms with Crippen LogP contribution in [-0.2, 0) is 13.0 Å². The normalized spacial score (nSPS) is 19.4. The molecule has 1 aliphatic rings. The number of rotatable bonds is 5. The molecule has 1 aromatic heterocycles. The van der Waals surface area contributed by atoms with Crippen molar-refractivity contribution in [2.24, 2.45) is 5.92 Å². The fourth-order valence-electron chi connectivity index (χ4n) is 3.03.